The smallest absolute Gasteiger partial charge is 0.311 e. The summed E-state index contributed by atoms with van der Waals surface area (Å²) in [5.74, 6) is 0.975. The number of nitrogens with one attached hydrogen (secondary N) is 1. The lowest BCUT2D eigenvalue weighted by Gasteiger charge is -2.03. The number of nitrogens with zero attached hydrogens (tertiary/aromatic N) is 2. The second kappa shape index (κ2) is 3.25. The Bertz CT molecular complexity index is 367. The van der Waals surface area contributed by atoms with Gasteiger partial charge in [0.25, 0.3) is 0 Å². The first-order valence-corrected chi connectivity index (χ1v) is 4.54. The normalized spacial score (nSPS) is 24.4. The number of pyridine rings is 1. The van der Waals surface area contributed by atoms with Crippen molar-refractivity contribution < 1.29 is 4.92 Å². The van der Waals surface area contributed by atoms with Crippen molar-refractivity contribution in [2.24, 2.45) is 5.92 Å². The fourth-order valence-corrected chi connectivity index (χ4v) is 1.35. The SMILES string of the molecule is CC1CC1Nc1ncccc1[N+](=O)[O-]. The van der Waals surface area contributed by atoms with E-state index >= 15 is 0 Å². The zero-order valence-corrected chi connectivity index (χ0v) is 7.80. The van der Waals surface area contributed by atoms with Crippen LogP contribution in [0.1, 0.15) is 13.3 Å². The Labute approximate surface area is 81.3 Å². The minimum atomic E-state index is -0.414. The lowest BCUT2D eigenvalue weighted by molar-refractivity contribution is -0.384. The molecule has 74 valence electrons. The monoisotopic (exact) mass is 193 g/mol. The number of aromatic nitrogens is 1. The highest BCUT2D eigenvalue weighted by atomic mass is 16.6. The Hall–Kier alpha value is -1.65. The first kappa shape index (κ1) is 8.93. The summed E-state index contributed by atoms with van der Waals surface area (Å²) < 4.78 is 0. The molecule has 0 aliphatic heterocycles. The van der Waals surface area contributed by atoms with Gasteiger partial charge >= 0.3 is 5.69 Å². The highest BCUT2D eigenvalue weighted by Crippen LogP contribution is 2.34. The van der Waals surface area contributed by atoms with Crippen LogP contribution in [0.15, 0.2) is 18.3 Å². The van der Waals surface area contributed by atoms with Crippen LogP contribution in [0.25, 0.3) is 0 Å². The van der Waals surface area contributed by atoms with E-state index in [4.69, 9.17) is 0 Å². The molecule has 1 aliphatic carbocycles. The average Bonchev–Trinajstić information content (AvgIpc) is 2.82. The molecule has 1 aromatic heterocycles. The van der Waals surface area contributed by atoms with E-state index in [9.17, 15) is 10.1 Å². The first-order valence-electron chi connectivity index (χ1n) is 4.54. The molecule has 2 atom stereocenters. The highest BCUT2D eigenvalue weighted by Gasteiger charge is 2.34. The number of anilines is 1. The molecule has 1 N–H and O–H groups in total. The molecular weight excluding hydrogens is 182 g/mol. The Balaban J connectivity index is 2.19. The van der Waals surface area contributed by atoms with E-state index in [0.717, 1.165) is 6.42 Å². The third-order valence-corrected chi connectivity index (χ3v) is 2.41. The molecule has 1 aromatic rings. The summed E-state index contributed by atoms with van der Waals surface area (Å²) in [6, 6.07) is 3.38. The van der Waals surface area contributed by atoms with Crippen molar-refractivity contribution in [3.8, 4) is 0 Å². The van der Waals surface area contributed by atoms with Crippen LogP contribution in [0.2, 0.25) is 0 Å². The molecule has 0 aromatic carbocycles. The Morgan fingerprint density at radius 2 is 2.43 bits per heavy atom. The van der Waals surface area contributed by atoms with E-state index < -0.39 is 4.92 Å². The predicted molar refractivity (Wildman–Crippen MR) is 52.1 cm³/mol. The van der Waals surface area contributed by atoms with Crippen LogP contribution in [-0.4, -0.2) is 15.9 Å². The summed E-state index contributed by atoms with van der Waals surface area (Å²) in [6.45, 7) is 2.10. The van der Waals surface area contributed by atoms with Gasteiger partial charge in [-0.25, -0.2) is 4.98 Å². The molecule has 1 aliphatic rings. The standard InChI is InChI=1S/C9H11N3O2/c1-6-5-7(6)11-9-8(12(13)14)3-2-4-10-9/h2-4,6-7H,5H2,1H3,(H,10,11). The van der Waals surface area contributed by atoms with Crippen molar-refractivity contribution >= 4 is 11.5 Å². The van der Waals surface area contributed by atoms with E-state index in [1.54, 1.807) is 12.3 Å². The van der Waals surface area contributed by atoms with E-state index in [1.807, 2.05) is 0 Å². The second-order valence-electron chi connectivity index (χ2n) is 3.59. The van der Waals surface area contributed by atoms with Gasteiger partial charge in [0.1, 0.15) is 0 Å². The van der Waals surface area contributed by atoms with Gasteiger partial charge in [-0.15, -0.1) is 0 Å². The molecule has 0 radical (unpaired) electrons. The van der Waals surface area contributed by atoms with Crippen molar-refractivity contribution in [3.63, 3.8) is 0 Å². The summed E-state index contributed by atoms with van der Waals surface area (Å²) >= 11 is 0. The van der Waals surface area contributed by atoms with E-state index in [1.165, 1.54) is 6.07 Å². The quantitative estimate of drug-likeness (QED) is 0.587. The molecule has 0 saturated heterocycles. The van der Waals surface area contributed by atoms with Crippen LogP contribution in [0.5, 0.6) is 0 Å². The van der Waals surface area contributed by atoms with Gasteiger partial charge in [-0.2, -0.15) is 0 Å². The largest absolute Gasteiger partial charge is 0.361 e. The minimum Gasteiger partial charge on any atom is -0.361 e. The minimum absolute atomic E-state index is 0.0478. The number of hydrogen-bond donors (Lipinski definition) is 1. The molecule has 1 heterocycles. The Morgan fingerprint density at radius 1 is 1.71 bits per heavy atom. The van der Waals surface area contributed by atoms with E-state index in [2.05, 4.69) is 17.2 Å². The fourth-order valence-electron chi connectivity index (χ4n) is 1.35. The predicted octanol–water partition coefficient (Wildman–Crippen LogP) is 1.81. The maximum atomic E-state index is 10.6. The zero-order chi connectivity index (χ0) is 10.1. The third kappa shape index (κ3) is 1.66. The average molecular weight is 193 g/mol. The summed E-state index contributed by atoms with van der Waals surface area (Å²) in [7, 11) is 0. The molecule has 2 unspecified atom stereocenters. The molecule has 0 bridgehead atoms. The number of rotatable bonds is 3. The topological polar surface area (TPSA) is 68.1 Å². The van der Waals surface area contributed by atoms with Gasteiger partial charge in [0, 0.05) is 18.3 Å². The second-order valence-corrected chi connectivity index (χ2v) is 3.59. The van der Waals surface area contributed by atoms with Gasteiger partial charge in [0.2, 0.25) is 5.82 Å². The summed E-state index contributed by atoms with van der Waals surface area (Å²) in [6.07, 6.45) is 2.62. The molecule has 14 heavy (non-hydrogen) atoms. The van der Waals surface area contributed by atoms with Crippen LogP contribution < -0.4 is 5.32 Å². The number of nitro groups is 1. The third-order valence-electron chi connectivity index (χ3n) is 2.41. The van der Waals surface area contributed by atoms with Crippen LogP contribution in [-0.2, 0) is 0 Å². The molecule has 0 spiro atoms. The highest BCUT2D eigenvalue weighted by molar-refractivity contribution is 5.56. The lowest BCUT2D eigenvalue weighted by atomic mass is 10.4. The molecule has 5 nitrogen and oxygen atoms in total. The summed E-state index contributed by atoms with van der Waals surface area (Å²) in [5, 5.41) is 13.7. The van der Waals surface area contributed by atoms with Gasteiger partial charge in [-0.1, -0.05) is 6.92 Å². The van der Waals surface area contributed by atoms with Crippen molar-refractivity contribution in [1.82, 2.24) is 4.98 Å². The van der Waals surface area contributed by atoms with Crippen LogP contribution in [0.3, 0.4) is 0 Å². The van der Waals surface area contributed by atoms with Gasteiger partial charge in [-0.3, -0.25) is 10.1 Å². The van der Waals surface area contributed by atoms with Gasteiger partial charge in [0.05, 0.1) is 4.92 Å². The number of hydrogen-bond acceptors (Lipinski definition) is 4. The zero-order valence-electron chi connectivity index (χ0n) is 7.80. The lowest BCUT2D eigenvalue weighted by Crippen LogP contribution is -2.07. The maximum absolute atomic E-state index is 10.6. The van der Waals surface area contributed by atoms with Crippen molar-refractivity contribution in [1.29, 1.82) is 0 Å². The van der Waals surface area contributed by atoms with Crippen molar-refractivity contribution in [2.75, 3.05) is 5.32 Å². The maximum Gasteiger partial charge on any atom is 0.311 e. The van der Waals surface area contributed by atoms with Crippen molar-refractivity contribution in [2.45, 2.75) is 19.4 Å². The Morgan fingerprint density at radius 3 is 3.00 bits per heavy atom. The molecule has 0 amide bonds. The fraction of sp³-hybridized carbons (Fsp3) is 0.444. The molecule has 5 heteroatoms. The van der Waals surface area contributed by atoms with Gasteiger partial charge in [0.15, 0.2) is 0 Å². The molecule has 1 fully saturated rings. The van der Waals surface area contributed by atoms with Crippen LogP contribution in [0.4, 0.5) is 11.5 Å². The summed E-state index contributed by atoms with van der Waals surface area (Å²) in [4.78, 5) is 14.2. The molecule has 2 rings (SSSR count). The van der Waals surface area contributed by atoms with Gasteiger partial charge < -0.3 is 5.32 Å². The van der Waals surface area contributed by atoms with Gasteiger partial charge in [-0.05, 0) is 18.4 Å². The van der Waals surface area contributed by atoms with Crippen LogP contribution >= 0.6 is 0 Å². The Kier molecular flexibility index (Phi) is 2.07. The molecular formula is C9H11N3O2. The molecule has 1 saturated carbocycles. The van der Waals surface area contributed by atoms with Crippen LogP contribution in [0, 0.1) is 16.0 Å². The summed E-state index contributed by atoms with van der Waals surface area (Å²) in [5.41, 5.74) is 0.0478. The first-order chi connectivity index (χ1) is 6.68. The van der Waals surface area contributed by atoms with Crippen molar-refractivity contribution in [3.05, 3.63) is 28.4 Å². The van der Waals surface area contributed by atoms with E-state index in [0.29, 0.717) is 17.8 Å². The van der Waals surface area contributed by atoms with E-state index in [-0.39, 0.29) is 5.69 Å².